The lowest BCUT2D eigenvalue weighted by Crippen LogP contribution is -2.34. The Morgan fingerprint density at radius 3 is 2.31 bits per heavy atom. The second-order valence-corrected chi connectivity index (χ2v) is 9.55. The van der Waals surface area contributed by atoms with Gasteiger partial charge in [-0.3, -0.25) is 14.4 Å². The summed E-state index contributed by atoms with van der Waals surface area (Å²) in [5.74, 6) is -2.19. The summed E-state index contributed by atoms with van der Waals surface area (Å²) in [6.07, 6.45) is 1.40. The lowest BCUT2D eigenvalue weighted by molar-refractivity contribution is -0.131. The Morgan fingerprint density at radius 2 is 1.62 bits per heavy atom. The second kappa shape index (κ2) is 15.9. The molecule has 12 heteroatoms. The monoisotopic (exact) mass is 638 g/mol. The van der Waals surface area contributed by atoms with E-state index in [4.69, 9.17) is 14.2 Å². The number of para-hydroxylation sites is 1. The van der Waals surface area contributed by atoms with Crippen LogP contribution in [0.5, 0.6) is 11.5 Å². The molecule has 0 aliphatic carbocycles. The van der Waals surface area contributed by atoms with Crippen molar-refractivity contribution >= 4 is 57.2 Å². The lowest BCUT2D eigenvalue weighted by Gasteiger charge is -2.13. The molecular weight excluding hydrogens is 608 g/mol. The Morgan fingerprint density at radius 1 is 0.881 bits per heavy atom. The summed E-state index contributed by atoms with van der Waals surface area (Å²) >= 11 is 3.35. The molecule has 3 rings (SSSR count). The number of esters is 1. The summed E-state index contributed by atoms with van der Waals surface area (Å²) in [4.78, 5) is 49.0. The third-order valence-corrected chi connectivity index (χ3v) is 6.30. The molecule has 3 aromatic carbocycles. The number of hydrogen-bond acceptors (Lipinski definition) is 8. The van der Waals surface area contributed by atoms with Gasteiger partial charge in [0.1, 0.15) is 5.92 Å². The van der Waals surface area contributed by atoms with Gasteiger partial charge in [-0.05, 0) is 96.9 Å². The number of nitrogens with one attached hydrogen (secondary N) is 3. The first kappa shape index (κ1) is 31.8. The number of anilines is 2. The van der Waals surface area contributed by atoms with Gasteiger partial charge in [0.15, 0.2) is 18.1 Å². The Labute approximate surface area is 251 Å². The van der Waals surface area contributed by atoms with Crippen LogP contribution in [0.3, 0.4) is 0 Å². The van der Waals surface area contributed by atoms with Crippen molar-refractivity contribution in [3.63, 3.8) is 0 Å². The minimum atomic E-state index is -0.995. The lowest BCUT2D eigenvalue weighted by atomic mass is 10.1. The predicted octanol–water partition coefficient (Wildman–Crippen LogP) is 4.77. The average Bonchev–Trinajstić information content (AvgIpc) is 2.98. The van der Waals surface area contributed by atoms with Crippen molar-refractivity contribution < 1.29 is 33.4 Å². The molecule has 0 spiro atoms. The molecule has 0 heterocycles. The highest BCUT2D eigenvalue weighted by molar-refractivity contribution is 9.10. The third kappa shape index (κ3) is 9.44. The number of nitrogens with zero attached hydrogens (tertiary/aromatic N) is 1. The van der Waals surface area contributed by atoms with Crippen molar-refractivity contribution in [1.29, 1.82) is 0 Å². The quantitative estimate of drug-likeness (QED) is 0.106. The van der Waals surface area contributed by atoms with Crippen LogP contribution >= 0.6 is 15.9 Å². The first-order valence-corrected chi connectivity index (χ1v) is 13.9. The van der Waals surface area contributed by atoms with E-state index in [0.717, 1.165) is 0 Å². The average molecular weight is 640 g/mol. The summed E-state index contributed by atoms with van der Waals surface area (Å²) < 4.78 is 16.9. The Hall–Kier alpha value is -4.71. The Kier molecular flexibility index (Phi) is 12.1. The number of hydrogen-bond donors (Lipinski definition) is 3. The summed E-state index contributed by atoms with van der Waals surface area (Å²) in [5, 5.41) is 9.34. The molecule has 11 nitrogen and oxygen atoms in total. The molecule has 0 saturated carbocycles. The molecular formula is C30H31BrN4O7. The van der Waals surface area contributed by atoms with Crippen molar-refractivity contribution in [2.24, 2.45) is 11.0 Å². The highest BCUT2D eigenvalue weighted by atomic mass is 79.9. The number of ether oxygens (including phenoxy) is 3. The number of halogens is 1. The molecule has 0 aromatic heterocycles. The van der Waals surface area contributed by atoms with E-state index in [0.29, 0.717) is 45.1 Å². The Bertz CT molecular complexity index is 1440. The van der Waals surface area contributed by atoms with Crippen LogP contribution in [0.1, 0.15) is 36.7 Å². The van der Waals surface area contributed by atoms with E-state index in [1.165, 1.54) is 13.1 Å². The number of amides is 3. The van der Waals surface area contributed by atoms with Crippen molar-refractivity contribution in [3.05, 3.63) is 82.3 Å². The highest BCUT2D eigenvalue weighted by Gasteiger charge is 2.22. The summed E-state index contributed by atoms with van der Waals surface area (Å²) in [7, 11) is 0. The second-order valence-electron chi connectivity index (χ2n) is 8.70. The first-order valence-electron chi connectivity index (χ1n) is 13.1. The number of carbonyl (C=O) groups excluding carboxylic acids is 4. The maximum Gasteiger partial charge on any atom is 0.338 e. The van der Waals surface area contributed by atoms with Crippen molar-refractivity contribution in [2.45, 2.75) is 20.8 Å². The minimum Gasteiger partial charge on any atom is -0.490 e. The van der Waals surface area contributed by atoms with Gasteiger partial charge in [-0.2, -0.15) is 5.10 Å². The highest BCUT2D eigenvalue weighted by Crippen LogP contribution is 2.28. The van der Waals surface area contributed by atoms with Crippen LogP contribution < -0.4 is 25.5 Å². The molecule has 42 heavy (non-hydrogen) atoms. The van der Waals surface area contributed by atoms with Crippen LogP contribution in [0.25, 0.3) is 0 Å². The standard InChI is InChI=1S/C30H31BrN4O7/c1-4-40-26-16-20(17-32-35-29(38)19(3)28(37)34-24-9-7-6-8-23(24)31)10-15-25(26)42-18-27(36)33-22-13-11-21(12-14-22)30(39)41-5-2/h6-17,19H,4-5,18H2,1-3H3,(H,33,36)(H,34,37)(H,35,38). The minimum absolute atomic E-state index is 0.274. The zero-order valence-corrected chi connectivity index (χ0v) is 24.9. The fraction of sp³-hybridized carbons (Fsp3) is 0.233. The van der Waals surface area contributed by atoms with Crippen LogP contribution in [0.2, 0.25) is 0 Å². The zero-order valence-electron chi connectivity index (χ0n) is 23.3. The van der Waals surface area contributed by atoms with Crippen LogP contribution in [-0.4, -0.2) is 49.7 Å². The number of rotatable bonds is 13. The van der Waals surface area contributed by atoms with Crippen molar-refractivity contribution in [2.75, 3.05) is 30.5 Å². The van der Waals surface area contributed by atoms with Gasteiger partial charge in [0.2, 0.25) is 5.91 Å². The fourth-order valence-corrected chi connectivity index (χ4v) is 3.81. The molecule has 0 radical (unpaired) electrons. The molecule has 0 bridgehead atoms. The SMILES string of the molecule is CCOC(=O)c1ccc(NC(=O)COc2ccc(C=NNC(=O)C(C)C(=O)Nc3ccccc3Br)cc2OCC)cc1. The number of carbonyl (C=O) groups is 4. The maximum atomic E-state index is 12.4. The van der Waals surface area contributed by atoms with Crippen LogP contribution in [0.4, 0.5) is 11.4 Å². The summed E-state index contributed by atoms with van der Waals surface area (Å²) in [6.45, 7) is 5.33. The topological polar surface area (TPSA) is 144 Å². The maximum absolute atomic E-state index is 12.4. The smallest absolute Gasteiger partial charge is 0.338 e. The molecule has 220 valence electrons. The van der Waals surface area contributed by atoms with Gasteiger partial charge in [0.05, 0.1) is 30.7 Å². The molecule has 1 unspecified atom stereocenters. The van der Waals surface area contributed by atoms with Gasteiger partial charge in [-0.1, -0.05) is 12.1 Å². The molecule has 1 atom stereocenters. The van der Waals surface area contributed by atoms with Crippen LogP contribution in [0.15, 0.2) is 76.3 Å². The van der Waals surface area contributed by atoms with Gasteiger partial charge in [0.25, 0.3) is 11.8 Å². The van der Waals surface area contributed by atoms with E-state index >= 15 is 0 Å². The van der Waals surface area contributed by atoms with Crippen molar-refractivity contribution in [3.8, 4) is 11.5 Å². The van der Waals surface area contributed by atoms with E-state index in [9.17, 15) is 19.2 Å². The van der Waals surface area contributed by atoms with E-state index in [1.54, 1.807) is 74.5 Å². The van der Waals surface area contributed by atoms with E-state index in [2.05, 4.69) is 37.1 Å². The normalized spacial score (nSPS) is 11.3. The first-order chi connectivity index (χ1) is 20.2. The van der Waals surface area contributed by atoms with E-state index < -0.39 is 29.6 Å². The number of benzene rings is 3. The van der Waals surface area contributed by atoms with Crippen LogP contribution in [-0.2, 0) is 19.1 Å². The molecule has 3 aromatic rings. The molecule has 0 fully saturated rings. The summed E-state index contributed by atoms with van der Waals surface area (Å²) in [5.41, 5.74) is 4.38. The van der Waals surface area contributed by atoms with Gasteiger partial charge in [-0.15, -0.1) is 0 Å². The molecule has 3 amide bonds. The third-order valence-electron chi connectivity index (χ3n) is 5.61. The predicted molar refractivity (Wildman–Crippen MR) is 162 cm³/mol. The van der Waals surface area contributed by atoms with Crippen molar-refractivity contribution in [1.82, 2.24) is 5.43 Å². The van der Waals surface area contributed by atoms with Gasteiger partial charge in [0, 0.05) is 10.2 Å². The fourth-order valence-electron chi connectivity index (χ4n) is 3.43. The molecule has 0 aliphatic rings. The van der Waals surface area contributed by atoms with Gasteiger partial charge in [-0.25, -0.2) is 10.2 Å². The molecule has 0 aliphatic heterocycles. The largest absolute Gasteiger partial charge is 0.490 e. The molecule has 0 saturated heterocycles. The van der Waals surface area contributed by atoms with Crippen LogP contribution in [0, 0.1) is 5.92 Å². The summed E-state index contributed by atoms with van der Waals surface area (Å²) in [6, 6.07) is 18.3. The zero-order chi connectivity index (χ0) is 30.5. The molecule has 3 N–H and O–H groups in total. The van der Waals surface area contributed by atoms with E-state index in [-0.39, 0.29) is 13.2 Å². The van der Waals surface area contributed by atoms with Gasteiger partial charge < -0.3 is 24.8 Å². The number of hydrazone groups is 1. The van der Waals surface area contributed by atoms with E-state index in [1.807, 2.05) is 6.07 Å². The Balaban J connectivity index is 1.54. The van der Waals surface area contributed by atoms with Gasteiger partial charge >= 0.3 is 5.97 Å².